The summed E-state index contributed by atoms with van der Waals surface area (Å²) in [6.45, 7) is 1.96. The topological polar surface area (TPSA) is 37.3 Å². The van der Waals surface area contributed by atoms with Gasteiger partial charge in [0.25, 0.3) is 0 Å². The molecule has 3 heteroatoms. The smallest absolute Gasteiger partial charge is 0.306 e. The molecule has 0 aromatic rings. The van der Waals surface area contributed by atoms with Crippen molar-refractivity contribution in [2.75, 3.05) is 11.5 Å². The molecule has 1 heterocycles. The Morgan fingerprint density at radius 2 is 2.55 bits per heavy atom. The van der Waals surface area contributed by atoms with Gasteiger partial charge in [-0.15, -0.1) is 0 Å². The second kappa shape index (κ2) is 4.00. The fourth-order valence-corrected chi connectivity index (χ4v) is 2.92. The van der Waals surface area contributed by atoms with Gasteiger partial charge in [0.15, 0.2) is 0 Å². The molecule has 0 bridgehead atoms. The van der Waals surface area contributed by atoms with Gasteiger partial charge < -0.3 is 5.11 Å². The van der Waals surface area contributed by atoms with E-state index in [9.17, 15) is 4.79 Å². The molecule has 0 radical (unpaired) electrons. The van der Waals surface area contributed by atoms with Gasteiger partial charge >= 0.3 is 5.97 Å². The molecule has 0 spiro atoms. The largest absolute Gasteiger partial charge is 0.481 e. The molecule has 1 saturated heterocycles. The third-order valence-corrected chi connectivity index (χ3v) is 3.48. The quantitative estimate of drug-likeness (QED) is 0.709. The van der Waals surface area contributed by atoms with E-state index in [-0.39, 0.29) is 5.92 Å². The number of carboxylic acid groups (broad SMARTS) is 1. The van der Waals surface area contributed by atoms with E-state index in [1.165, 1.54) is 0 Å². The highest BCUT2D eigenvalue weighted by Crippen LogP contribution is 2.31. The molecule has 1 aliphatic rings. The Morgan fingerprint density at radius 3 is 2.91 bits per heavy atom. The van der Waals surface area contributed by atoms with Crippen molar-refractivity contribution in [2.45, 2.75) is 19.8 Å². The molecule has 0 saturated carbocycles. The molecule has 11 heavy (non-hydrogen) atoms. The van der Waals surface area contributed by atoms with E-state index in [4.69, 9.17) is 5.11 Å². The second-order valence-electron chi connectivity index (χ2n) is 2.98. The predicted molar refractivity (Wildman–Crippen MR) is 46.8 cm³/mol. The number of hydrogen-bond donors (Lipinski definition) is 1. The standard InChI is InChI=1S/C8H14O2S/c1-2-7(8(9)10)6-3-4-11-5-6/h6-7H,2-5H2,1H3,(H,9,10). The Labute approximate surface area is 71.4 Å². The van der Waals surface area contributed by atoms with Gasteiger partial charge in [-0.3, -0.25) is 4.79 Å². The Kier molecular flexibility index (Phi) is 3.24. The summed E-state index contributed by atoms with van der Waals surface area (Å²) in [5, 5.41) is 8.82. The SMILES string of the molecule is CCC(C(=O)O)C1CCSC1. The van der Waals surface area contributed by atoms with Crippen LogP contribution in [0.3, 0.4) is 0 Å². The number of carbonyl (C=O) groups is 1. The third kappa shape index (κ3) is 2.12. The van der Waals surface area contributed by atoms with Gasteiger partial charge in [0.2, 0.25) is 0 Å². The molecule has 64 valence electrons. The molecule has 1 N–H and O–H groups in total. The van der Waals surface area contributed by atoms with E-state index in [1.807, 2.05) is 18.7 Å². The maximum atomic E-state index is 10.7. The molecule has 1 rings (SSSR count). The van der Waals surface area contributed by atoms with Crippen LogP contribution in [0, 0.1) is 11.8 Å². The van der Waals surface area contributed by atoms with Crippen LogP contribution >= 0.6 is 11.8 Å². The van der Waals surface area contributed by atoms with Crippen molar-refractivity contribution >= 4 is 17.7 Å². The maximum Gasteiger partial charge on any atom is 0.306 e. The van der Waals surface area contributed by atoms with Crippen molar-refractivity contribution in [2.24, 2.45) is 11.8 Å². The predicted octanol–water partition coefficient (Wildman–Crippen LogP) is 1.85. The van der Waals surface area contributed by atoms with Crippen molar-refractivity contribution in [3.05, 3.63) is 0 Å². The summed E-state index contributed by atoms with van der Waals surface area (Å²) in [6.07, 6.45) is 1.87. The molecular formula is C8H14O2S. The summed E-state index contributed by atoms with van der Waals surface area (Å²) >= 11 is 1.88. The van der Waals surface area contributed by atoms with E-state index >= 15 is 0 Å². The highest BCUT2D eigenvalue weighted by Gasteiger charge is 2.28. The molecule has 0 aliphatic carbocycles. The van der Waals surface area contributed by atoms with Crippen molar-refractivity contribution in [3.63, 3.8) is 0 Å². The lowest BCUT2D eigenvalue weighted by Gasteiger charge is -2.15. The fourth-order valence-electron chi connectivity index (χ4n) is 1.58. The van der Waals surface area contributed by atoms with E-state index < -0.39 is 5.97 Å². The molecule has 2 atom stereocenters. The third-order valence-electron chi connectivity index (χ3n) is 2.29. The Bertz CT molecular complexity index is 141. The summed E-state index contributed by atoms with van der Waals surface area (Å²) in [4.78, 5) is 10.7. The summed E-state index contributed by atoms with van der Waals surface area (Å²) in [5.74, 6) is 1.92. The van der Waals surface area contributed by atoms with Crippen LogP contribution in [0.5, 0.6) is 0 Å². The number of rotatable bonds is 3. The van der Waals surface area contributed by atoms with Crippen LogP contribution in [0.4, 0.5) is 0 Å². The molecule has 0 aromatic heterocycles. The Morgan fingerprint density at radius 1 is 1.82 bits per heavy atom. The Hall–Kier alpha value is -0.180. The highest BCUT2D eigenvalue weighted by atomic mass is 32.2. The molecule has 1 aliphatic heterocycles. The second-order valence-corrected chi connectivity index (χ2v) is 4.13. The molecule has 1 fully saturated rings. The van der Waals surface area contributed by atoms with Crippen molar-refractivity contribution in [1.29, 1.82) is 0 Å². The van der Waals surface area contributed by atoms with E-state index in [0.717, 1.165) is 24.3 Å². The minimum absolute atomic E-state index is 0.0926. The first kappa shape index (κ1) is 8.91. The van der Waals surface area contributed by atoms with Crippen LogP contribution in [0.25, 0.3) is 0 Å². The Balaban J connectivity index is 2.46. The number of thioether (sulfide) groups is 1. The number of aliphatic carboxylic acids is 1. The van der Waals surface area contributed by atoms with Crippen molar-refractivity contribution in [3.8, 4) is 0 Å². The van der Waals surface area contributed by atoms with E-state index in [1.54, 1.807) is 0 Å². The summed E-state index contributed by atoms with van der Waals surface area (Å²) in [6, 6.07) is 0. The zero-order valence-electron chi connectivity index (χ0n) is 6.75. The van der Waals surface area contributed by atoms with Crippen LogP contribution in [0.1, 0.15) is 19.8 Å². The first-order chi connectivity index (χ1) is 5.25. The summed E-state index contributed by atoms with van der Waals surface area (Å²) < 4.78 is 0. The average Bonchev–Trinajstić information content (AvgIpc) is 2.40. The first-order valence-electron chi connectivity index (χ1n) is 4.06. The summed E-state index contributed by atoms with van der Waals surface area (Å²) in [7, 11) is 0. The van der Waals surface area contributed by atoms with Gasteiger partial charge in [-0.05, 0) is 30.3 Å². The molecule has 0 amide bonds. The van der Waals surface area contributed by atoms with Gasteiger partial charge in [-0.1, -0.05) is 6.92 Å². The van der Waals surface area contributed by atoms with Crippen molar-refractivity contribution < 1.29 is 9.90 Å². The van der Waals surface area contributed by atoms with Gasteiger partial charge in [-0.25, -0.2) is 0 Å². The van der Waals surface area contributed by atoms with Gasteiger partial charge in [0, 0.05) is 0 Å². The van der Waals surface area contributed by atoms with Crippen LogP contribution in [-0.2, 0) is 4.79 Å². The normalized spacial score (nSPS) is 26.8. The maximum absolute atomic E-state index is 10.7. The lowest BCUT2D eigenvalue weighted by Crippen LogP contribution is -2.22. The minimum atomic E-state index is -0.611. The van der Waals surface area contributed by atoms with Gasteiger partial charge in [-0.2, -0.15) is 11.8 Å². The molecule has 0 aromatic carbocycles. The van der Waals surface area contributed by atoms with Crippen LogP contribution in [0.2, 0.25) is 0 Å². The lowest BCUT2D eigenvalue weighted by atomic mass is 9.90. The molecule has 2 unspecified atom stereocenters. The zero-order valence-corrected chi connectivity index (χ0v) is 7.56. The van der Waals surface area contributed by atoms with Crippen molar-refractivity contribution in [1.82, 2.24) is 0 Å². The average molecular weight is 174 g/mol. The van der Waals surface area contributed by atoms with E-state index in [0.29, 0.717) is 5.92 Å². The first-order valence-corrected chi connectivity index (χ1v) is 5.21. The van der Waals surface area contributed by atoms with Crippen LogP contribution in [-0.4, -0.2) is 22.6 Å². The highest BCUT2D eigenvalue weighted by molar-refractivity contribution is 7.99. The van der Waals surface area contributed by atoms with E-state index in [2.05, 4.69) is 0 Å². The molecule has 2 nitrogen and oxygen atoms in total. The fraction of sp³-hybridized carbons (Fsp3) is 0.875. The lowest BCUT2D eigenvalue weighted by molar-refractivity contribution is -0.143. The zero-order chi connectivity index (χ0) is 8.27. The molecular weight excluding hydrogens is 160 g/mol. The number of carboxylic acids is 1. The van der Waals surface area contributed by atoms with Crippen LogP contribution in [0.15, 0.2) is 0 Å². The monoisotopic (exact) mass is 174 g/mol. The van der Waals surface area contributed by atoms with Crippen LogP contribution < -0.4 is 0 Å². The van der Waals surface area contributed by atoms with Gasteiger partial charge in [0.1, 0.15) is 0 Å². The minimum Gasteiger partial charge on any atom is -0.481 e. The summed E-state index contributed by atoms with van der Waals surface area (Å²) in [5.41, 5.74) is 0. The van der Waals surface area contributed by atoms with Gasteiger partial charge in [0.05, 0.1) is 5.92 Å². The number of hydrogen-bond acceptors (Lipinski definition) is 2.